The van der Waals surface area contributed by atoms with Gasteiger partial charge in [-0.25, -0.2) is 0 Å². The average Bonchev–Trinajstić information content (AvgIpc) is 3.18. The molecule has 2 amide bonds. The number of aryl methyl sites for hydroxylation is 1. The topological polar surface area (TPSA) is 58.6 Å². The van der Waals surface area contributed by atoms with Gasteiger partial charge in [-0.15, -0.1) is 23.5 Å². The van der Waals surface area contributed by atoms with Gasteiger partial charge in [0.1, 0.15) is 11.8 Å². The Bertz CT molecular complexity index is 811. The molecule has 0 aliphatic carbocycles. The first-order valence-corrected chi connectivity index (χ1v) is 10.7. The Morgan fingerprint density at radius 2 is 1.96 bits per heavy atom. The lowest BCUT2D eigenvalue weighted by atomic mass is 10.2. The van der Waals surface area contributed by atoms with E-state index in [-0.39, 0.29) is 11.8 Å². The maximum atomic E-state index is 12.7. The molecule has 1 heterocycles. The first-order valence-electron chi connectivity index (χ1n) is 8.59. The molecular weight excluding hydrogens is 380 g/mol. The molecule has 5 nitrogen and oxygen atoms in total. The fourth-order valence-electron chi connectivity index (χ4n) is 2.75. The van der Waals surface area contributed by atoms with Crippen molar-refractivity contribution in [2.45, 2.75) is 17.9 Å². The van der Waals surface area contributed by atoms with Gasteiger partial charge in [-0.2, -0.15) is 0 Å². The van der Waals surface area contributed by atoms with Crippen molar-refractivity contribution in [1.29, 1.82) is 0 Å². The van der Waals surface area contributed by atoms with Gasteiger partial charge < -0.3 is 15.0 Å². The van der Waals surface area contributed by atoms with Crippen molar-refractivity contribution in [3.63, 3.8) is 0 Å². The van der Waals surface area contributed by atoms with Crippen molar-refractivity contribution in [2.24, 2.45) is 0 Å². The number of nitrogens with one attached hydrogen (secondary N) is 1. The van der Waals surface area contributed by atoms with Gasteiger partial charge in [-0.1, -0.05) is 18.2 Å². The Balaban J connectivity index is 1.59. The quantitative estimate of drug-likeness (QED) is 0.748. The lowest BCUT2D eigenvalue weighted by molar-refractivity contribution is -0.134. The number of thioether (sulfide) groups is 2. The fourth-order valence-corrected chi connectivity index (χ4v) is 4.84. The molecule has 1 aliphatic heterocycles. The molecular formula is C20H22N2O3S2. The molecule has 0 radical (unpaired) electrons. The Morgan fingerprint density at radius 1 is 1.22 bits per heavy atom. The number of anilines is 1. The predicted octanol–water partition coefficient (Wildman–Crippen LogP) is 3.64. The molecule has 1 unspecified atom stereocenters. The van der Waals surface area contributed by atoms with Crippen LogP contribution in [0.2, 0.25) is 0 Å². The molecule has 0 saturated carbocycles. The van der Waals surface area contributed by atoms with Gasteiger partial charge in [0.15, 0.2) is 0 Å². The highest BCUT2D eigenvalue weighted by Gasteiger charge is 2.34. The van der Waals surface area contributed by atoms with Crippen molar-refractivity contribution < 1.29 is 14.3 Å². The largest absolute Gasteiger partial charge is 0.497 e. The van der Waals surface area contributed by atoms with Crippen LogP contribution in [0.5, 0.6) is 5.75 Å². The van der Waals surface area contributed by atoms with Crippen molar-refractivity contribution in [1.82, 2.24) is 4.90 Å². The molecule has 0 aromatic heterocycles. The van der Waals surface area contributed by atoms with E-state index in [1.54, 1.807) is 48.0 Å². The van der Waals surface area contributed by atoms with E-state index in [1.807, 2.05) is 31.2 Å². The smallest absolute Gasteiger partial charge is 0.248 e. The van der Waals surface area contributed by atoms with Crippen LogP contribution >= 0.6 is 23.5 Å². The first kappa shape index (κ1) is 19.6. The van der Waals surface area contributed by atoms with Gasteiger partial charge in [-0.05, 0) is 42.8 Å². The second-order valence-electron chi connectivity index (χ2n) is 6.15. The molecule has 142 valence electrons. The van der Waals surface area contributed by atoms with Gasteiger partial charge in [0.25, 0.3) is 0 Å². The maximum Gasteiger partial charge on any atom is 0.248 e. The van der Waals surface area contributed by atoms with Crippen LogP contribution in [0.15, 0.2) is 53.4 Å². The summed E-state index contributed by atoms with van der Waals surface area (Å²) in [6.07, 6.45) is 0. The van der Waals surface area contributed by atoms with Gasteiger partial charge in [0, 0.05) is 16.3 Å². The minimum atomic E-state index is -0.443. The third kappa shape index (κ3) is 4.99. The fraction of sp³-hybridized carbons (Fsp3) is 0.300. The summed E-state index contributed by atoms with van der Waals surface area (Å²) in [5.41, 5.74) is 1.85. The number of hydrogen-bond acceptors (Lipinski definition) is 5. The highest BCUT2D eigenvalue weighted by Crippen LogP contribution is 2.26. The molecule has 3 rings (SSSR count). The summed E-state index contributed by atoms with van der Waals surface area (Å²) in [5, 5.41) is 2.89. The van der Waals surface area contributed by atoms with E-state index in [2.05, 4.69) is 5.32 Å². The SMILES string of the molecule is COc1ccc(NC(=O)C2CSCN2C(=O)CSc2ccccc2C)cc1. The number of carbonyl (C=O) groups is 2. The van der Waals surface area contributed by atoms with E-state index in [0.717, 1.165) is 16.2 Å². The molecule has 2 aromatic carbocycles. The lowest BCUT2D eigenvalue weighted by Crippen LogP contribution is -2.45. The van der Waals surface area contributed by atoms with E-state index in [9.17, 15) is 9.59 Å². The third-order valence-corrected chi connectivity index (χ3v) is 6.48. The highest BCUT2D eigenvalue weighted by molar-refractivity contribution is 8.00. The number of benzene rings is 2. The Morgan fingerprint density at radius 3 is 2.67 bits per heavy atom. The molecule has 27 heavy (non-hydrogen) atoms. The van der Waals surface area contributed by atoms with Crippen LogP contribution in [0.4, 0.5) is 5.69 Å². The van der Waals surface area contributed by atoms with Crippen molar-refractivity contribution in [2.75, 3.05) is 29.8 Å². The molecule has 0 spiro atoms. The summed E-state index contributed by atoms with van der Waals surface area (Å²) in [6.45, 7) is 2.03. The van der Waals surface area contributed by atoms with E-state index >= 15 is 0 Å². The molecule has 0 bridgehead atoms. The minimum absolute atomic E-state index is 0.0110. The second kappa shape index (κ2) is 9.19. The summed E-state index contributed by atoms with van der Waals surface area (Å²) in [7, 11) is 1.60. The monoisotopic (exact) mass is 402 g/mol. The van der Waals surface area contributed by atoms with Crippen LogP contribution in [0.25, 0.3) is 0 Å². The Hall–Kier alpha value is -2.12. The molecule has 1 fully saturated rings. The van der Waals surface area contributed by atoms with Crippen molar-refractivity contribution in [3.05, 3.63) is 54.1 Å². The first-order chi connectivity index (χ1) is 13.1. The lowest BCUT2D eigenvalue weighted by Gasteiger charge is -2.23. The van der Waals surface area contributed by atoms with Gasteiger partial charge in [0.2, 0.25) is 11.8 Å². The van der Waals surface area contributed by atoms with Crippen LogP contribution < -0.4 is 10.1 Å². The average molecular weight is 403 g/mol. The summed E-state index contributed by atoms with van der Waals surface area (Å²) in [4.78, 5) is 28.1. The number of amides is 2. The zero-order chi connectivity index (χ0) is 19.2. The molecule has 1 saturated heterocycles. The van der Waals surface area contributed by atoms with E-state index in [4.69, 9.17) is 4.74 Å². The number of methoxy groups -OCH3 is 1. The molecule has 7 heteroatoms. The summed E-state index contributed by atoms with van der Waals surface area (Å²) in [6, 6.07) is 14.7. The van der Waals surface area contributed by atoms with Crippen molar-refractivity contribution in [3.8, 4) is 5.75 Å². The zero-order valence-electron chi connectivity index (χ0n) is 15.3. The summed E-state index contributed by atoms with van der Waals surface area (Å²) >= 11 is 3.12. The van der Waals surface area contributed by atoms with E-state index < -0.39 is 6.04 Å². The summed E-state index contributed by atoms with van der Waals surface area (Å²) in [5.74, 6) is 2.06. The van der Waals surface area contributed by atoms with E-state index in [1.165, 1.54) is 11.8 Å². The zero-order valence-corrected chi connectivity index (χ0v) is 16.9. The Labute approximate surface area is 167 Å². The number of rotatable bonds is 6. The molecule has 2 aromatic rings. The van der Waals surface area contributed by atoms with Crippen LogP contribution in [-0.4, -0.2) is 47.2 Å². The number of ether oxygens (including phenoxy) is 1. The minimum Gasteiger partial charge on any atom is -0.497 e. The van der Waals surface area contributed by atoms with E-state index in [0.29, 0.717) is 23.1 Å². The summed E-state index contributed by atoms with van der Waals surface area (Å²) < 4.78 is 5.12. The highest BCUT2D eigenvalue weighted by atomic mass is 32.2. The van der Waals surface area contributed by atoms with Crippen molar-refractivity contribution >= 4 is 41.0 Å². The normalized spacial score (nSPS) is 16.2. The number of hydrogen-bond donors (Lipinski definition) is 1. The van der Waals surface area contributed by atoms with Crippen LogP contribution in [0, 0.1) is 6.92 Å². The second-order valence-corrected chi connectivity index (χ2v) is 8.17. The number of carbonyl (C=O) groups excluding carboxylic acids is 2. The predicted molar refractivity (Wildman–Crippen MR) is 111 cm³/mol. The number of nitrogens with zero attached hydrogens (tertiary/aromatic N) is 1. The molecule has 1 aliphatic rings. The van der Waals surface area contributed by atoms with Gasteiger partial charge in [-0.3, -0.25) is 9.59 Å². The molecule has 1 atom stereocenters. The van der Waals surface area contributed by atoms with Crippen LogP contribution in [0.3, 0.4) is 0 Å². The standard InChI is InChI=1S/C20H22N2O3S2/c1-14-5-3-4-6-18(14)27-12-19(23)22-13-26-11-17(22)20(24)21-15-7-9-16(25-2)10-8-15/h3-10,17H,11-13H2,1-2H3,(H,21,24). The van der Waals surface area contributed by atoms with Crippen LogP contribution in [-0.2, 0) is 9.59 Å². The van der Waals surface area contributed by atoms with Gasteiger partial charge in [0.05, 0.1) is 18.7 Å². The maximum absolute atomic E-state index is 12.7. The van der Waals surface area contributed by atoms with Crippen LogP contribution in [0.1, 0.15) is 5.56 Å². The third-order valence-electron chi connectivity index (χ3n) is 4.31. The molecule has 1 N–H and O–H groups in total. The Kier molecular flexibility index (Phi) is 6.68. The van der Waals surface area contributed by atoms with Gasteiger partial charge >= 0.3 is 0 Å².